The number of hydrogen-bond donors (Lipinski definition) is 1. The third-order valence-electron chi connectivity index (χ3n) is 3.92. The van der Waals surface area contributed by atoms with Crippen LogP contribution in [-0.2, 0) is 0 Å². The first kappa shape index (κ1) is 19.2. The van der Waals surface area contributed by atoms with Gasteiger partial charge in [0.05, 0.1) is 6.54 Å². The standard InChI is InChI=1S/C21H22N4O3/c1-16-4-8-18(9-5-16)27-15-14-25(2)21(26)24-17-6-10-19(11-7-17)28-20-22-12-3-13-23-20/h3-13H,14-15H2,1-2H3,(H,24,26). The molecule has 0 saturated heterocycles. The molecule has 0 aliphatic rings. The number of urea groups is 1. The zero-order valence-electron chi connectivity index (χ0n) is 15.8. The summed E-state index contributed by atoms with van der Waals surface area (Å²) in [6, 6.07) is 16.6. The lowest BCUT2D eigenvalue weighted by Gasteiger charge is -2.18. The molecule has 144 valence electrons. The lowest BCUT2D eigenvalue weighted by atomic mass is 10.2. The fraction of sp³-hybridized carbons (Fsp3) is 0.190. The highest BCUT2D eigenvalue weighted by Crippen LogP contribution is 2.20. The third kappa shape index (κ3) is 5.70. The molecule has 1 aromatic heterocycles. The molecule has 7 nitrogen and oxygen atoms in total. The molecule has 2 amide bonds. The van der Waals surface area contributed by atoms with E-state index >= 15 is 0 Å². The van der Waals surface area contributed by atoms with Gasteiger partial charge >= 0.3 is 12.0 Å². The molecule has 7 heteroatoms. The molecule has 0 unspecified atom stereocenters. The van der Waals surface area contributed by atoms with Crippen LogP contribution in [0, 0.1) is 6.92 Å². The van der Waals surface area contributed by atoms with Crippen molar-refractivity contribution in [3.05, 3.63) is 72.6 Å². The summed E-state index contributed by atoms with van der Waals surface area (Å²) in [4.78, 5) is 21.9. The Morgan fingerprint density at radius 1 is 1.00 bits per heavy atom. The molecule has 0 aliphatic heterocycles. The van der Waals surface area contributed by atoms with Crippen LogP contribution >= 0.6 is 0 Å². The first-order chi connectivity index (χ1) is 13.6. The lowest BCUT2D eigenvalue weighted by Crippen LogP contribution is -2.34. The molecular formula is C21H22N4O3. The number of hydrogen-bond acceptors (Lipinski definition) is 5. The van der Waals surface area contributed by atoms with Gasteiger partial charge in [-0.2, -0.15) is 0 Å². The molecule has 28 heavy (non-hydrogen) atoms. The van der Waals surface area contributed by atoms with Gasteiger partial charge in [0.15, 0.2) is 0 Å². The van der Waals surface area contributed by atoms with Gasteiger partial charge in [-0.3, -0.25) is 0 Å². The van der Waals surface area contributed by atoms with E-state index in [1.807, 2.05) is 31.2 Å². The summed E-state index contributed by atoms with van der Waals surface area (Å²) in [5.41, 5.74) is 1.84. The topological polar surface area (TPSA) is 76.6 Å². The summed E-state index contributed by atoms with van der Waals surface area (Å²) in [6.45, 7) is 2.90. The maximum atomic E-state index is 12.3. The van der Waals surface area contributed by atoms with Crippen LogP contribution in [0.2, 0.25) is 0 Å². The van der Waals surface area contributed by atoms with Crippen LogP contribution in [0.1, 0.15) is 5.56 Å². The number of carbonyl (C=O) groups is 1. The van der Waals surface area contributed by atoms with Crippen molar-refractivity contribution in [2.24, 2.45) is 0 Å². The summed E-state index contributed by atoms with van der Waals surface area (Å²) in [7, 11) is 1.72. The molecule has 0 radical (unpaired) electrons. The Bertz CT molecular complexity index is 884. The molecule has 3 aromatic rings. The number of nitrogens with one attached hydrogen (secondary N) is 1. The van der Waals surface area contributed by atoms with Crippen molar-refractivity contribution in [3.63, 3.8) is 0 Å². The molecule has 0 bridgehead atoms. The summed E-state index contributed by atoms with van der Waals surface area (Å²) in [5, 5.41) is 2.83. The Labute approximate surface area is 164 Å². The number of rotatable bonds is 7. The zero-order valence-corrected chi connectivity index (χ0v) is 15.8. The molecule has 0 fully saturated rings. The Morgan fingerprint density at radius 3 is 2.32 bits per heavy atom. The number of benzene rings is 2. The third-order valence-corrected chi connectivity index (χ3v) is 3.92. The van der Waals surface area contributed by atoms with Crippen LogP contribution in [0.3, 0.4) is 0 Å². The number of anilines is 1. The summed E-state index contributed by atoms with van der Waals surface area (Å²) in [6.07, 6.45) is 3.21. The van der Waals surface area contributed by atoms with Gasteiger partial charge < -0.3 is 19.7 Å². The van der Waals surface area contributed by atoms with Crippen molar-refractivity contribution in [2.45, 2.75) is 6.92 Å². The quantitative estimate of drug-likeness (QED) is 0.669. The highest BCUT2D eigenvalue weighted by atomic mass is 16.5. The summed E-state index contributed by atoms with van der Waals surface area (Å²) < 4.78 is 11.2. The van der Waals surface area contributed by atoms with Gasteiger partial charge in [0.2, 0.25) is 0 Å². The van der Waals surface area contributed by atoms with Crippen molar-refractivity contribution in [1.82, 2.24) is 14.9 Å². The van der Waals surface area contributed by atoms with Gasteiger partial charge in [0, 0.05) is 25.1 Å². The predicted octanol–water partition coefficient (Wildman–Crippen LogP) is 4.12. The Morgan fingerprint density at radius 2 is 1.64 bits per heavy atom. The molecule has 2 aromatic carbocycles. The van der Waals surface area contributed by atoms with Crippen LogP contribution in [0.4, 0.5) is 10.5 Å². The molecular weight excluding hydrogens is 356 g/mol. The molecule has 1 N–H and O–H groups in total. The number of ether oxygens (including phenoxy) is 2. The number of likely N-dealkylation sites (N-methyl/N-ethyl adjacent to an activating group) is 1. The molecule has 0 aliphatic carbocycles. The van der Waals surface area contributed by atoms with Gasteiger partial charge in [0.1, 0.15) is 18.1 Å². The fourth-order valence-corrected chi connectivity index (χ4v) is 2.31. The van der Waals surface area contributed by atoms with Crippen molar-refractivity contribution < 1.29 is 14.3 Å². The van der Waals surface area contributed by atoms with Gasteiger partial charge in [-0.05, 0) is 49.4 Å². The molecule has 3 rings (SSSR count). The SMILES string of the molecule is Cc1ccc(OCCN(C)C(=O)Nc2ccc(Oc3ncccn3)cc2)cc1. The van der Waals surface area contributed by atoms with Crippen LogP contribution < -0.4 is 14.8 Å². The number of carbonyl (C=O) groups excluding carboxylic acids is 1. The minimum atomic E-state index is -0.215. The van der Waals surface area contributed by atoms with Gasteiger partial charge in [0.25, 0.3) is 0 Å². The van der Waals surface area contributed by atoms with Gasteiger partial charge in [-0.1, -0.05) is 17.7 Å². The van der Waals surface area contributed by atoms with E-state index < -0.39 is 0 Å². The maximum absolute atomic E-state index is 12.3. The zero-order chi connectivity index (χ0) is 19.8. The second-order valence-corrected chi connectivity index (χ2v) is 6.17. The van der Waals surface area contributed by atoms with Crippen LogP contribution in [0.15, 0.2) is 67.0 Å². The van der Waals surface area contributed by atoms with E-state index in [4.69, 9.17) is 9.47 Å². The van der Waals surface area contributed by atoms with Gasteiger partial charge in [-0.25, -0.2) is 14.8 Å². The summed E-state index contributed by atoms with van der Waals surface area (Å²) >= 11 is 0. The van der Waals surface area contributed by atoms with Crippen LogP contribution in [0.25, 0.3) is 0 Å². The second kappa shape index (κ2) is 9.36. The first-order valence-electron chi connectivity index (χ1n) is 8.87. The number of aromatic nitrogens is 2. The average molecular weight is 378 g/mol. The highest BCUT2D eigenvalue weighted by molar-refractivity contribution is 5.89. The first-order valence-corrected chi connectivity index (χ1v) is 8.87. The van der Waals surface area contributed by atoms with Crippen LogP contribution in [0.5, 0.6) is 17.5 Å². The number of amides is 2. The van der Waals surface area contributed by atoms with Crippen LogP contribution in [-0.4, -0.2) is 41.1 Å². The fourth-order valence-electron chi connectivity index (χ4n) is 2.31. The van der Waals surface area contributed by atoms with Crippen molar-refractivity contribution >= 4 is 11.7 Å². The second-order valence-electron chi connectivity index (χ2n) is 6.17. The molecule has 1 heterocycles. The highest BCUT2D eigenvalue weighted by Gasteiger charge is 2.09. The van der Waals surface area contributed by atoms with E-state index in [2.05, 4.69) is 15.3 Å². The normalized spacial score (nSPS) is 10.2. The van der Waals surface area contributed by atoms with E-state index in [0.29, 0.717) is 24.6 Å². The molecule has 0 spiro atoms. The maximum Gasteiger partial charge on any atom is 0.321 e. The number of aryl methyl sites for hydroxylation is 1. The predicted molar refractivity (Wildman–Crippen MR) is 107 cm³/mol. The Balaban J connectivity index is 1.44. The lowest BCUT2D eigenvalue weighted by molar-refractivity contribution is 0.207. The van der Waals surface area contributed by atoms with E-state index in [-0.39, 0.29) is 12.0 Å². The smallest absolute Gasteiger partial charge is 0.321 e. The largest absolute Gasteiger partial charge is 0.492 e. The van der Waals surface area contributed by atoms with Gasteiger partial charge in [-0.15, -0.1) is 0 Å². The van der Waals surface area contributed by atoms with Crippen molar-refractivity contribution in [1.29, 1.82) is 0 Å². The van der Waals surface area contributed by atoms with E-state index in [0.717, 1.165) is 5.75 Å². The average Bonchev–Trinajstić information content (AvgIpc) is 2.71. The number of nitrogens with zero attached hydrogens (tertiary/aromatic N) is 3. The van der Waals surface area contributed by atoms with Crippen molar-refractivity contribution in [3.8, 4) is 17.5 Å². The molecule has 0 atom stereocenters. The monoisotopic (exact) mass is 378 g/mol. The summed E-state index contributed by atoms with van der Waals surface area (Å²) in [5.74, 6) is 1.38. The Hall–Kier alpha value is -3.61. The van der Waals surface area contributed by atoms with E-state index in [9.17, 15) is 4.79 Å². The Kier molecular flexibility index (Phi) is 6.41. The van der Waals surface area contributed by atoms with Crippen molar-refractivity contribution in [2.75, 3.05) is 25.5 Å². The minimum absolute atomic E-state index is 0.215. The minimum Gasteiger partial charge on any atom is -0.492 e. The van der Waals surface area contributed by atoms with E-state index in [1.165, 1.54) is 5.56 Å². The molecule has 0 saturated carbocycles. The van der Waals surface area contributed by atoms with E-state index in [1.54, 1.807) is 54.7 Å².